The molecule has 0 unspecified atom stereocenters. The van der Waals surface area contributed by atoms with Crippen molar-refractivity contribution in [3.05, 3.63) is 59.2 Å². The van der Waals surface area contributed by atoms with Gasteiger partial charge in [0.15, 0.2) is 11.5 Å². The Labute approximate surface area is 119 Å². The normalized spacial score (nSPS) is 10.9. The van der Waals surface area contributed by atoms with Crippen LogP contribution in [0.2, 0.25) is 0 Å². The minimum absolute atomic E-state index is 0.0462. The largest absolute Gasteiger partial charge is 0.504 e. The molecule has 0 heterocycles. The second-order valence-corrected chi connectivity index (χ2v) is 5.28. The van der Waals surface area contributed by atoms with Crippen LogP contribution in [-0.2, 0) is 13.1 Å². The average Bonchev–Trinajstić information content (AvgIpc) is 2.44. The van der Waals surface area contributed by atoms with Gasteiger partial charge in [0.1, 0.15) is 0 Å². The summed E-state index contributed by atoms with van der Waals surface area (Å²) in [6, 6.07) is 13.5. The van der Waals surface area contributed by atoms with Crippen LogP contribution < -0.4 is 5.32 Å². The third-order valence-corrected chi connectivity index (χ3v) is 3.39. The zero-order valence-corrected chi connectivity index (χ0v) is 11.9. The first-order chi connectivity index (χ1) is 9.58. The second kappa shape index (κ2) is 6.44. The molecule has 2 aromatic rings. The van der Waals surface area contributed by atoms with Crippen molar-refractivity contribution in [3.8, 4) is 11.5 Å². The molecule has 0 bridgehead atoms. The van der Waals surface area contributed by atoms with E-state index in [1.54, 1.807) is 12.1 Å². The predicted molar refractivity (Wildman–Crippen MR) is 80.8 cm³/mol. The average molecular weight is 271 g/mol. The van der Waals surface area contributed by atoms with Gasteiger partial charge >= 0.3 is 0 Å². The third kappa shape index (κ3) is 3.52. The first-order valence-electron chi connectivity index (χ1n) is 6.87. The Bertz CT molecular complexity index is 562. The van der Waals surface area contributed by atoms with Crippen molar-refractivity contribution in [2.75, 3.05) is 0 Å². The van der Waals surface area contributed by atoms with E-state index in [0.717, 1.165) is 6.54 Å². The topological polar surface area (TPSA) is 52.5 Å². The Morgan fingerprint density at radius 2 is 1.65 bits per heavy atom. The minimum Gasteiger partial charge on any atom is -0.504 e. The predicted octanol–water partition coefficient (Wildman–Crippen LogP) is 3.51. The molecule has 0 radical (unpaired) electrons. The van der Waals surface area contributed by atoms with Gasteiger partial charge < -0.3 is 15.5 Å². The molecule has 0 saturated heterocycles. The number of aromatic hydroxyl groups is 2. The van der Waals surface area contributed by atoms with Crippen molar-refractivity contribution in [2.45, 2.75) is 32.9 Å². The van der Waals surface area contributed by atoms with E-state index < -0.39 is 0 Å². The summed E-state index contributed by atoms with van der Waals surface area (Å²) in [6.45, 7) is 5.61. The number of rotatable bonds is 5. The molecule has 0 amide bonds. The summed E-state index contributed by atoms with van der Waals surface area (Å²) < 4.78 is 0. The van der Waals surface area contributed by atoms with E-state index in [-0.39, 0.29) is 11.5 Å². The molecule has 3 heteroatoms. The van der Waals surface area contributed by atoms with Crippen LogP contribution >= 0.6 is 0 Å². The van der Waals surface area contributed by atoms with E-state index in [1.807, 2.05) is 0 Å². The molecule has 0 aliphatic carbocycles. The van der Waals surface area contributed by atoms with Gasteiger partial charge in [-0.1, -0.05) is 50.2 Å². The van der Waals surface area contributed by atoms with E-state index in [2.05, 4.69) is 43.4 Å². The smallest absolute Gasteiger partial charge is 0.161 e. The lowest BCUT2D eigenvalue weighted by Crippen LogP contribution is -2.12. The summed E-state index contributed by atoms with van der Waals surface area (Å²) in [6.07, 6.45) is 0. The van der Waals surface area contributed by atoms with Gasteiger partial charge in [-0.15, -0.1) is 0 Å². The van der Waals surface area contributed by atoms with Crippen molar-refractivity contribution >= 4 is 0 Å². The van der Waals surface area contributed by atoms with Crippen LogP contribution in [0.25, 0.3) is 0 Å². The molecule has 0 aromatic heterocycles. The number of para-hydroxylation sites is 1. The van der Waals surface area contributed by atoms with Crippen LogP contribution in [0.4, 0.5) is 0 Å². The lowest BCUT2D eigenvalue weighted by molar-refractivity contribution is 0.397. The first-order valence-corrected chi connectivity index (χ1v) is 6.87. The Morgan fingerprint density at radius 3 is 2.30 bits per heavy atom. The van der Waals surface area contributed by atoms with Crippen molar-refractivity contribution in [3.63, 3.8) is 0 Å². The van der Waals surface area contributed by atoms with E-state index in [4.69, 9.17) is 0 Å². The van der Waals surface area contributed by atoms with Gasteiger partial charge in [0.05, 0.1) is 0 Å². The number of phenolic OH excluding ortho intramolecular Hbond substituents is 2. The quantitative estimate of drug-likeness (QED) is 0.729. The maximum Gasteiger partial charge on any atom is 0.161 e. The summed E-state index contributed by atoms with van der Waals surface area (Å²) in [4.78, 5) is 0. The highest BCUT2D eigenvalue weighted by molar-refractivity contribution is 5.44. The Balaban J connectivity index is 1.91. The van der Waals surface area contributed by atoms with Gasteiger partial charge in [-0.2, -0.15) is 0 Å². The zero-order chi connectivity index (χ0) is 14.5. The summed E-state index contributed by atoms with van der Waals surface area (Å²) >= 11 is 0. The van der Waals surface area contributed by atoms with Crippen molar-refractivity contribution < 1.29 is 10.2 Å². The van der Waals surface area contributed by atoms with Crippen molar-refractivity contribution in [1.29, 1.82) is 0 Å². The molecule has 2 rings (SSSR count). The Kier molecular flexibility index (Phi) is 4.64. The lowest BCUT2D eigenvalue weighted by atomic mass is 10.0. The summed E-state index contributed by atoms with van der Waals surface area (Å²) in [5.74, 6) is 0.419. The fourth-order valence-electron chi connectivity index (χ4n) is 2.08. The number of hydrogen-bond donors (Lipinski definition) is 3. The number of hydrogen-bond acceptors (Lipinski definition) is 3. The van der Waals surface area contributed by atoms with Gasteiger partial charge in [0, 0.05) is 18.7 Å². The first kappa shape index (κ1) is 14.4. The molecule has 3 nitrogen and oxygen atoms in total. The van der Waals surface area contributed by atoms with Gasteiger partial charge in [-0.3, -0.25) is 0 Å². The number of nitrogens with one attached hydrogen (secondary N) is 1. The van der Waals surface area contributed by atoms with Crippen LogP contribution in [0.15, 0.2) is 42.5 Å². The van der Waals surface area contributed by atoms with Gasteiger partial charge in [0.2, 0.25) is 0 Å². The monoisotopic (exact) mass is 271 g/mol. The molecule has 0 saturated carbocycles. The molecule has 106 valence electrons. The summed E-state index contributed by atoms with van der Waals surface area (Å²) in [7, 11) is 0. The molecule has 3 N–H and O–H groups in total. The number of phenols is 2. The highest BCUT2D eigenvalue weighted by atomic mass is 16.3. The second-order valence-electron chi connectivity index (χ2n) is 5.28. The highest BCUT2D eigenvalue weighted by Gasteiger charge is 2.05. The molecular weight excluding hydrogens is 250 g/mol. The molecule has 20 heavy (non-hydrogen) atoms. The molecule has 0 atom stereocenters. The molecule has 0 spiro atoms. The molecule has 0 aliphatic heterocycles. The van der Waals surface area contributed by atoms with Gasteiger partial charge in [0.25, 0.3) is 0 Å². The van der Waals surface area contributed by atoms with E-state index in [9.17, 15) is 10.2 Å². The Hall–Kier alpha value is -2.00. The van der Waals surface area contributed by atoms with Crippen LogP contribution in [-0.4, -0.2) is 10.2 Å². The van der Waals surface area contributed by atoms with Crippen LogP contribution in [0.3, 0.4) is 0 Å². The maximum atomic E-state index is 9.70. The molecule has 2 aromatic carbocycles. The molecular formula is C17H21NO2. The summed E-state index contributed by atoms with van der Waals surface area (Å²) in [5, 5.41) is 22.4. The lowest BCUT2D eigenvalue weighted by Gasteiger charge is -2.09. The van der Waals surface area contributed by atoms with E-state index in [1.165, 1.54) is 17.2 Å². The van der Waals surface area contributed by atoms with Crippen LogP contribution in [0.5, 0.6) is 11.5 Å². The summed E-state index contributed by atoms with van der Waals surface area (Å²) in [5.41, 5.74) is 3.23. The Morgan fingerprint density at radius 1 is 0.950 bits per heavy atom. The van der Waals surface area contributed by atoms with Crippen LogP contribution in [0.1, 0.15) is 36.5 Å². The zero-order valence-electron chi connectivity index (χ0n) is 11.9. The van der Waals surface area contributed by atoms with Crippen molar-refractivity contribution in [2.24, 2.45) is 0 Å². The van der Waals surface area contributed by atoms with Gasteiger partial charge in [-0.25, -0.2) is 0 Å². The maximum absolute atomic E-state index is 9.70. The molecule has 0 aliphatic rings. The standard InChI is InChI=1S/C17H21NO2/c1-12(2)14-8-6-13(7-9-14)10-18-11-15-4-3-5-16(19)17(15)20/h3-9,12,18-20H,10-11H2,1-2H3. The number of benzene rings is 2. The highest BCUT2D eigenvalue weighted by Crippen LogP contribution is 2.27. The SMILES string of the molecule is CC(C)c1ccc(CNCc2cccc(O)c2O)cc1. The van der Waals surface area contributed by atoms with Crippen molar-refractivity contribution in [1.82, 2.24) is 5.32 Å². The third-order valence-electron chi connectivity index (χ3n) is 3.39. The van der Waals surface area contributed by atoms with Gasteiger partial charge in [-0.05, 0) is 23.1 Å². The fourth-order valence-corrected chi connectivity index (χ4v) is 2.08. The fraction of sp³-hybridized carbons (Fsp3) is 0.294. The van der Waals surface area contributed by atoms with E-state index in [0.29, 0.717) is 18.0 Å². The van der Waals surface area contributed by atoms with E-state index >= 15 is 0 Å². The molecule has 0 fully saturated rings. The van der Waals surface area contributed by atoms with Crippen LogP contribution in [0, 0.1) is 0 Å². The minimum atomic E-state index is -0.0782.